The minimum atomic E-state index is -1.46. The van der Waals surface area contributed by atoms with Gasteiger partial charge in [-0.05, 0) is 38.5 Å². The number of ether oxygens (including phenoxy) is 1. The molecular weight excluding hydrogens is 366 g/mol. The first-order valence-corrected chi connectivity index (χ1v) is 13.0. The zero-order valence-corrected chi connectivity index (χ0v) is 19.5. The first-order valence-electron chi connectivity index (χ1n) is 13.0. The lowest BCUT2D eigenvalue weighted by Crippen LogP contribution is -2.42. The van der Waals surface area contributed by atoms with Crippen LogP contribution in [0.25, 0.3) is 0 Å². The van der Waals surface area contributed by atoms with Crippen LogP contribution in [0.4, 0.5) is 8.78 Å². The quantitative estimate of drug-likeness (QED) is 0.384. The number of halogens is 2. The van der Waals surface area contributed by atoms with E-state index in [0.29, 0.717) is 0 Å². The minimum absolute atomic E-state index is 0.477. The third-order valence-corrected chi connectivity index (χ3v) is 7.90. The highest BCUT2D eigenvalue weighted by atomic mass is 19.2. The van der Waals surface area contributed by atoms with Crippen molar-refractivity contribution < 1.29 is 13.5 Å². The maximum absolute atomic E-state index is 15.8. The van der Waals surface area contributed by atoms with Gasteiger partial charge in [0, 0.05) is 10.8 Å². The Balaban J connectivity index is 2.13. The molecule has 2 atom stereocenters. The van der Waals surface area contributed by atoms with Crippen LogP contribution in [0.15, 0.2) is 0 Å². The van der Waals surface area contributed by atoms with E-state index in [4.69, 9.17) is 4.74 Å². The van der Waals surface area contributed by atoms with Gasteiger partial charge in [-0.25, -0.2) is 8.78 Å². The Bertz CT molecular complexity index is 367. The molecule has 2 rings (SSSR count). The Hall–Kier alpha value is -0.180. The molecule has 0 saturated heterocycles. The number of rotatable bonds is 8. The largest absolute Gasteiger partial charge is 0.313 e. The zero-order chi connectivity index (χ0) is 21.0. The number of hydrogen-bond donors (Lipinski definition) is 0. The maximum Gasteiger partial charge on any atom is 0.207 e. The van der Waals surface area contributed by atoms with Crippen LogP contribution in [0.2, 0.25) is 0 Å². The predicted octanol–water partition coefficient (Wildman–Crippen LogP) is 9.44. The van der Waals surface area contributed by atoms with Crippen molar-refractivity contribution in [1.29, 1.82) is 0 Å². The predicted molar refractivity (Wildman–Crippen MR) is 119 cm³/mol. The molecule has 172 valence electrons. The van der Waals surface area contributed by atoms with Gasteiger partial charge in [0.25, 0.3) is 0 Å². The average Bonchev–Trinajstić information content (AvgIpc) is 2.90. The van der Waals surface area contributed by atoms with Crippen LogP contribution in [-0.4, -0.2) is 12.7 Å². The van der Waals surface area contributed by atoms with Crippen LogP contribution in [0, 0.1) is 10.8 Å². The Morgan fingerprint density at radius 2 is 0.828 bits per heavy atom. The third kappa shape index (κ3) is 7.47. The molecule has 0 aromatic carbocycles. The molecule has 2 aliphatic carbocycles. The van der Waals surface area contributed by atoms with Gasteiger partial charge in [0.1, 0.15) is 0 Å². The van der Waals surface area contributed by atoms with E-state index >= 15 is 8.78 Å². The Kier molecular flexibility index (Phi) is 11.5. The lowest BCUT2D eigenvalue weighted by molar-refractivity contribution is -0.240. The summed E-state index contributed by atoms with van der Waals surface area (Å²) in [4.78, 5) is 0. The molecule has 2 unspecified atom stereocenters. The molecule has 0 aromatic heterocycles. The second kappa shape index (κ2) is 13.3. The molecule has 1 nitrogen and oxygen atoms in total. The van der Waals surface area contributed by atoms with Crippen LogP contribution in [0.3, 0.4) is 0 Å². The lowest BCUT2D eigenvalue weighted by atomic mass is 9.73. The number of hydrogen-bond acceptors (Lipinski definition) is 1. The van der Waals surface area contributed by atoms with Gasteiger partial charge in [0.15, 0.2) is 0 Å². The molecule has 0 aliphatic heterocycles. The molecular formula is C26H48F2O. The van der Waals surface area contributed by atoms with Crippen LogP contribution in [-0.2, 0) is 4.74 Å². The van der Waals surface area contributed by atoms with Gasteiger partial charge in [-0.1, -0.05) is 104 Å². The van der Waals surface area contributed by atoms with Crippen LogP contribution < -0.4 is 0 Å². The summed E-state index contributed by atoms with van der Waals surface area (Å²) in [5, 5.41) is 0. The summed E-state index contributed by atoms with van der Waals surface area (Å²) in [6, 6.07) is 0. The van der Waals surface area contributed by atoms with E-state index in [9.17, 15) is 0 Å². The van der Waals surface area contributed by atoms with E-state index in [-0.39, 0.29) is 0 Å². The van der Waals surface area contributed by atoms with Gasteiger partial charge in [-0.15, -0.1) is 0 Å². The van der Waals surface area contributed by atoms with Gasteiger partial charge in [-0.2, -0.15) is 0 Å². The first kappa shape index (κ1) is 25.1. The summed E-state index contributed by atoms with van der Waals surface area (Å²) in [6.45, 7) is 4.26. The summed E-state index contributed by atoms with van der Waals surface area (Å²) in [7, 11) is 0. The van der Waals surface area contributed by atoms with Crippen LogP contribution in [0.1, 0.15) is 142 Å². The zero-order valence-electron chi connectivity index (χ0n) is 19.5. The van der Waals surface area contributed by atoms with Crippen molar-refractivity contribution in [3.63, 3.8) is 0 Å². The molecule has 0 radical (unpaired) electrons. The van der Waals surface area contributed by atoms with Gasteiger partial charge < -0.3 is 4.74 Å². The minimum Gasteiger partial charge on any atom is -0.313 e. The topological polar surface area (TPSA) is 9.23 Å². The normalized spacial score (nSPS) is 26.1. The Morgan fingerprint density at radius 3 is 1.10 bits per heavy atom. The summed E-state index contributed by atoms with van der Waals surface area (Å²) in [5.74, 6) is 0. The molecule has 0 spiro atoms. The summed E-state index contributed by atoms with van der Waals surface area (Å²) in [5.41, 5.74) is -0.954. The first-order chi connectivity index (χ1) is 14.1. The van der Waals surface area contributed by atoms with Crippen molar-refractivity contribution in [3.05, 3.63) is 0 Å². The Labute approximate surface area is 179 Å². The molecule has 29 heavy (non-hydrogen) atoms. The Morgan fingerprint density at radius 1 is 0.552 bits per heavy atom. The smallest absolute Gasteiger partial charge is 0.207 e. The summed E-state index contributed by atoms with van der Waals surface area (Å²) >= 11 is 0. The summed E-state index contributed by atoms with van der Waals surface area (Å²) in [6.07, 6.45) is 18.0. The molecule has 0 aromatic rings. The monoisotopic (exact) mass is 414 g/mol. The third-order valence-electron chi connectivity index (χ3n) is 7.90. The molecule has 0 bridgehead atoms. The van der Waals surface area contributed by atoms with Crippen molar-refractivity contribution in [1.82, 2.24) is 0 Å². The van der Waals surface area contributed by atoms with Crippen molar-refractivity contribution in [2.45, 2.75) is 155 Å². The fraction of sp³-hybridized carbons (Fsp3) is 1.00. The van der Waals surface area contributed by atoms with E-state index in [2.05, 4.69) is 13.8 Å². The second-order valence-corrected chi connectivity index (χ2v) is 10.2. The molecule has 2 fully saturated rings. The van der Waals surface area contributed by atoms with E-state index in [1.807, 2.05) is 0 Å². The fourth-order valence-electron chi connectivity index (χ4n) is 6.14. The standard InChI is InChI=1S/C26H48F2O/c1-3-17-25(19-13-9-5-6-10-14-20-25)23(27)29-24(28)26(18-4-2)21-15-11-7-8-12-16-22-26/h23-24H,3-22H2,1-2H3. The van der Waals surface area contributed by atoms with Gasteiger partial charge in [-0.3, -0.25) is 0 Å². The molecule has 2 saturated carbocycles. The molecule has 0 amide bonds. The molecule has 3 heteroatoms. The summed E-state index contributed by atoms with van der Waals surface area (Å²) < 4.78 is 37.4. The van der Waals surface area contributed by atoms with E-state index in [0.717, 1.165) is 77.0 Å². The number of alkyl halides is 2. The molecule has 0 N–H and O–H groups in total. The maximum atomic E-state index is 15.8. The van der Waals surface area contributed by atoms with Gasteiger partial charge in [0.05, 0.1) is 0 Å². The highest BCUT2D eigenvalue weighted by Crippen LogP contribution is 2.47. The van der Waals surface area contributed by atoms with E-state index in [1.54, 1.807) is 0 Å². The van der Waals surface area contributed by atoms with Crippen LogP contribution >= 0.6 is 0 Å². The highest BCUT2D eigenvalue weighted by molar-refractivity contribution is 4.87. The van der Waals surface area contributed by atoms with E-state index < -0.39 is 23.5 Å². The van der Waals surface area contributed by atoms with Crippen molar-refractivity contribution in [2.24, 2.45) is 10.8 Å². The van der Waals surface area contributed by atoms with Crippen LogP contribution in [0.5, 0.6) is 0 Å². The second-order valence-electron chi connectivity index (χ2n) is 10.2. The SMILES string of the molecule is CCCC1(C(F)OC(F)C2(CCC)CCCCCCCC2)CCCCCCCC1. The lowest BCUT2D eigenvalue weighted by Gasteiger charge is -2.42. The van der Waals surface area contributed by atoms with Crippen molar-refractivity contribution in [3.8, 4) is 0 Å². The average molecular weight is 415 g/mol. The van der Waals surface area contributed by atoms with Crippen molar-refractivity contribution in [2.75, 3.05) is 0 Å². The van der Waals surface area contributed by atoms with E-state index in [1.165, 1.54) is 51.4 Å². The fourth-order valence-corrected chi connectivity index (χ4v) is 6.14. The highest BCUT2D eigenvalue weighted by Gasteiger charge is 2.45. The molecule has 2 aliphatic rings. The molecule has 0 heterocycles. The van der Waals surface area contributed by atoms with Crippen molar-refractivity contribution >= 4 is 0 Å². The van der Waals surface area contributed by atoms with Gasteiger partial charge >= 0.3 is 0 Å². The van der Waals surface area contributed by atoms with Gasteiger partial charge in [0.2, 0.25) is 12.7 Å².